The maximum Gasteiger partial charge on any atom is 0.411 e. The van der Waals surface area contributed by atoms with E-state index in [4.69, 9.17) is 0 Å². The highest BCUT2D eigenvalue weighted by molar-refractivity contribution is 5.84. The maximum absolute atomic E-state index is 11.3. The summed E-state index contributed by atoms with van der Waals surface area (Å²) in [4.78, 5) is 24.9. The molecule has 208 valence electrons. The minimum absolute atomic E-state index is 0. The number of nitrogens with one attached hydrogen (secondary N) is 2. The van der Waals surface area contributed by atoms with Crippen molar-refractivity contribution in [2.45, 2.75) is 33.4 Å². The first-order valence-electron chi connectivity index (χ1n) is 12.6. The summed E-state index contributed by atoms with van der Waals surface area (Å²) in [6.45, 7) is 7.45. The fourth-order valence-corrected chi connectivity index (χ4v) is 4.00. The number of rotatable bonds is 6. The van der Waals surface area contributed by atoms with Crippen molar-refractivity contribution in [1.82, 2.24) is 10.2 Å². The van der Waals surface area contributed by atoms with Crippen LogP contribution in [0.1, 0.15) is 30.0 Å². The summed E-state index contributed by atoms with van der Waals surface area (Å²) >= 11 is 0. The number of ether oxygens (including phenoxy) is 2. The van der Waals surface area contributed by atoms with Crippen LogP contribution < -0.4 is 32.2 Å². The number of carbonyl (C=O) groups excluding carboxylic acids is 2. The van der Waals surface area contributed by atoms with Gasteiger partial charge >= 0.3 is 12.2 Å². The second-order valence-electron chi connectivity index (χ2n) is 9.14. The average Bonchev–Trinajstić information content (AvgIpc) is 2.93. The van der Waals surface area contributed by atoms with Crippen LogP contribution in [-0.4, -0.2) is 44.4 Å². The molecule has 4 rings (SSSR count). The van der Waals surface area contributed by atoms with Crippen LogP contribution in [0.2, 0.25) is 0 Å². The molecule has 9 heteroatoms. The second-order valence-corrected chi connectivity index (χ2v) is 9.14. The maximum atomic E-state index is 11.3. The summed E-state index contributed by atoms with van der Waals surface area (Å²) in [5, 5.41) is 5.51. The molecule has 0 unspecified atom stereocenters. The summed E-state index contributed by atoms with van der Waals surface area (Å²) in [7, 11) is 2.74. The Morgan fingerprint density at radius 1 is 0.872 bits per heavy atom. The zero-order valence-electron chi connectivity index (χ0n) is 22.9. The van der Waals surface area contributed by atoms with Gasteiger partial charge in [-0.25, -0.2) is 9.59 Å². The third kappa shape index (κ3) is 10.5. The highest BCUT2D eigenvalue weighted by Crippen LogP contribution is 2.18. The van der Waals surface area contributed by atoms with Gasteiger partial charge in [-0.1, -0.05) is 66.2 Å². The first kappa shape index (κ1) is 31.5. The fourth-order valence-electron chi connectivity index (χ4n) is 4.00. The number of alkyl carbamates (subject to hydrolysis) is 1. The van der Waals surface area contributed by atoms with Crippen LogP contribution in [0.25, 0.3) is 0 Å². The number of benzene rings is 2. The third-order valence-electron chi connectivity index (χ3n) is 6.25. The van der Waals surface area contributed by atoms with E-state index in [0.29, 0.717) is 0 Å². The number of hydrogen-bond donors (Lipinski definition) is 2. The molecular weight excluding hydrogens is 560 g/mol. The number of aryl methyl sites for hydroxylation is 1. The molecule has 0 atom stereocenters. The van der Waals surface area contributed by atoms with E-state index >= 15 is 0 Å². The summed E-state index contributed by atoms with van der Waals surface area (Å²) in [6, 6.07) is 22.5. The minimum Gasteiger partial charge on any atom is -1.00 e. The number of hydrogen-bond acceptors (Lipinski definition) is 5. The zero-order valence-corrected chi connectivity index (χ0v) is 24.5. The Hall–Kier alpha value is -3.69. The number of anilines is 1. The van der Waals surface area contributed by atoms with E-state index in [9.17, 15) is 9.59 Å². The molecule has 0 saturated carbocycles. The van der Waals surface area contributed by atoms with Gasteiger partial charge in [0.25, 0.3) is 0 Å². The average molecular weight is 598 g/mol. The molecule has 0 saturated heterocycles. The molecule has 0 fully saturated rings. The molecule has 3 aromatic rings. The molecule has 1 aliphatic heterocycles. The summed E-state index contributed by atoms with van der Waals surface area (Å²) in [5.41, 5.74) is 6.45. The van der Waals surface area contributed by atoms with E-state index in [2.05, 4.69) is 56.2 Å². The van der Waals surface area contributed by atoms with Crippen molar-refractivity contribution in [3.8, 4) is 0 Å². The van der Waals surface area contributed by atoms with Crippen molar-refractivity contribution in [1.29, 1.82) is 0 Å². The highest BCUT2D eigenvalue weighted by Gasteiger charge is 2.18. The summed E-state index contributed by atoms with van der Waals surface area (Å²) in [6.07, 6.45) is 4.02. The van der Waals surface area contributed by atoms with Crippen molar-refractivity contribution in [2.75, 3.05) is 32.6 Å². The number of aromatic nitrogens is 1. The predicted molar refractivity (Wildman–Crippen MR) is 148 cm³/mol. The van der Waals surface area contributed by atoms with Gasteiger partial charge in [0.15, 0.2) is 18.9 Å². The molecule has 8 nitrogen and oxygen atoms in total. The first-order valence-corrected chi connectivity index (χ1v) is 12.6. The number of nitrogens with zero attached hydrogens (tertiary/aromatic N) is 2. The molecular formula is C30H37BrN4O4. The number of halogens is 1. The Kier molecular flexibility index (Phi) is 13.2. The van der Waals surface area contributed by atoms with Gasteiger partial charge in [-0.15, -0.1) is 0 Å². The lowest BCUT2D eigenvalue weighted by Crippen LogP contribution is -3.00. The molecule has 0 bridgehead atoms. The smallest absolute Gasteiger partial charge is 0.411 e. The molecule has 0 spiro atoms. The Morgan fingerprint density at radius 3 is 2.08 bits per heavy atom. The van der Waals surface area contributed by atoms with Gasteiger partial charge in [0.2, 0.25) is 0 Å². The normalized spacial score (nSPS) is 12.8. The fraction of sp³-hybridized carbons (Fsp3) is 0.300. The predicted octanol–water partition coefficient (Wildman–Crippen LogP) is 2.04. The summed E-state index contributed by atoms with van der Waals surface area (Å²) < 4.78 is 11.3. The van der Waals surface area contributed by atoms with E-state index in [1.54, 1.807) is 0 Å². The Labute approximate surface area is 241 Å². The molecule has 0 radical (unpaired) electrons. The molecule has 0 aliphatic carbocycles. The first-order chi connectivity index (χ1) is 18.4. The Balaban J connectivity index is 0.000000267. The van der Waals surface area contributed by atoms with Gasteiger partial charge in [0.05, 0.1) is 14.2 Å². The lowest BCUT2D eigenvalue weighted by atomic mass is 10.1. The van der Waals surface area contributed by atoms with Crippen LogP contribution in [-0.2, 0) is 22.6 Å². The number of pyridine rings is 1. The van der Waals surface area contributed by atoms with Crippen LogP contribution >= 0.6 is 0 Å². The van der Waals surface area contributed by atoms with Gasteiger partial charge < -0.3 is 26.5 Å². The van der Waals surface area contributed by atoms with Gasteiger partial charge in [0.1, 0.15) is 5.69 Å². The van der Waals surface area contributed by atoms with Gasteiger partial charge in [-0.05, 0) is 31.4 Å². The quantitative estimate of drug-likeness (QED) is 0.426. The lowest BCUT2D eigenvalue weighted by molar-refractivity contribution is -0.687. The van der Waals surface area contributed by atoms with Crippen LogP contribution in [0.5, 0.6) is 0 Å². The van der Waals surface area contributed by atoms with Crippen LogP contribution in [0.3, 0.4) is 0 Å². The van der Waals surface area contributed by atoms with Crippen molar-refractivity contribution in [2.24, 2.45) is 0 Å². The van der Waals surface area contributed by atoms with Crippen LogP contribution in [0, 0.1) is 6.92 Å². The Morgan fingerprint density at radius 2 is 1.46 bits per heavy atom. The van der Waals surface area contributed by atoms with Gasteiger partial charge in [-0.2, -0.15) is 4.57 Å². The van der Waals surface area contributed by atoms with Crippen molar-refractivity contribution >= 4 is 17.9 Å². The summed E-state index contributed by atoms with van der Waals surface area (Å²) in [5.74, 6) is 0. The second kappa shape index (κ2) is 16.3. The number of methoxy groups -OCH3 is 2. The van der Waals surface area contributed by atoms with Gasteiger partial charge in [0, 0.05) is 37.0 Å². The van der Waals surface area contributed by atoms with E-state index in [0.717, 1.165) is 49.5 Å². The van der Waals surface area contributed by atoms with E-state index in [-0.39, 0.29) is 17.0 Å². The molecule has 2 heterocycles. The monoisotopic (exact) mass is 596 g/mol. The largest absolute Gasteiger partial charge is 1.00 e. The number of carbonyl (C=O) groups is 2. The SMILES string of the molecule is COC(=O)NC1=C(C)CCN(Cc2ccccc2)C1.COC(=O)Nc1c[n+](Cc2ccccc2)ccc1C.[Br-]. The lowest BCUT2D eigenvalue weighted by Gasteiger charge is -2.29. The molecule has 1 aromatic heterocycles. The van der Waals surface area contributed by atoms with Crippen LogP contribution in [0.4, 0.5) is 15.3 Å². The molecule has 39 heavy (non-hydrogen) atoms. The topological polar surface area (TPSA) is 83.8 Å². The van der Waals surface area contributed by atoms with E-state index < -0.39 is 12.2 Å². The van der Waals surface area contributed by atoms with Crippen molar-refractivity contribution < 1.29 is 40.6 Å². The highest BCUT2D eigenvalue weighted by atomic mass is 79.9. The molecule has 2 amide bonds. The van der Waals surface area contributed by atoms with Crippen LogP contribution in [0.15, 0.2) is 90.4 Å². The number of amides is 2. The minimum atomic E-state index is -0.458. The van der Waals surface area contributed by atoms with E-state index in [1.165, 1.54) is 30.9 Å². The molecule has 1 aliphatic rings. The van der Waals surface area contributed by atoms with Gasteiger partial charge in [-0.3, -0.25) is 15.5 Å². The Bertz CT molecular complexity index is 1240. The molecule has 2 N–H and O–H groups in total. The van der Waals surface area contributed by atoms with Crippen molar-refractivity contribution in [3.63, 3.8) is 0 Å². The van der Waals surface area contributed by atoms with Crippen molar-refractivity contribution in [3.05, 3.63) is 107 Å². The third-order valence-corrected chi connectivity index (χ3v) is 6.25. The molecule has 2 aromatic carbocycles. The van der Waals surface area contributed by atoms with E-state index in [1.807, 2.05) is 66.3 Å². The zero-order chi connectivity index (χ0) is 27.3. The standard InChI is InChI=1S/C15H20N2O2.C15H16N2O2.BrH/c2*1-12-8-9-17(10-13-6-4-3-5-7-13)11-14(12)16-15(18)19-2;/h3-7H,8-11H2,1-2H3,(H,16,18);3-9,11H,10H2,1-2H3;1H.